The van der Waals surface area contributed by atoms with Crippen molar-refractivity contribution in [1.29, 1.82) is 0 Å². The third-order valence-corrected chi connectivity index (χ3v) is 3.13. The molecule has 0 bridgehead atoms. The molecule has 0 unspecified atom stereocenters. The second-order valence-electron chi connectivity index (χ2n) is 4.36. The smallest absolute Gasteiger partial charge is 0.343 e. The molecule has 1 fully saturated rings. The van der Waals surface area contributed by atoms with E-state index < -0.39 is 10.9 Å². The zero-order chi connectivity index (χ0) is 13.1. The molecule has 1 aliphatic heterocycles. The predicted octanol–water partition coefficient (Wildman–Crippen LogP) is 1.89. The van der Waals surface area contributed by atoms with E-state index in [4.69, 9.17) is 5.11 Å². The maximum Gasteiger partial charge on any atom is 0.343 e. The molecule has 0 atom stereocenters. The quantitative estimate of drug-likeness (QED) is 0.651. The number of nitrogens with zero attached hydrogens (tertiary/aromatic N) is 2. The molecule has 96 valence electrons. The topological polar surface area (TPSA) is 83.7 Å². The lowest BCUT2D eigenvalue weighted by Crippen LogP contribution is -2.20. The molecule has 1 aliphatic rings. The van der Waals surface area contributed by atoms with Gasteiger partial charge in [-0.15, -0.1) is 0 Å². The van der Waals surface area contributed by atoms with Crippen LogP contribution in [0.25, 0.3) is 0 Å². The molecule has 2 rings (SSSR count). The summed E-state index contributed by atoms with van der Waals surface area (Å²) in [5, 5.41) is 20.0. The van der Waals surface area contributed by atoms with Crippen LogP contribution < -0.4 is 0 Å². The highest BCUT2D eigenvalue weighted by Crippen LogP contribution is 2.24. The average Bonchev–Trinajstić information content (AvgIpc) is 2.81. The van der Waals surface area contributed by atoms with Crippen LogP contribution in [0.1, 0.15) is 28.8 Å². The number of carboxylic acids is 1. The van der Waals surface area contributed by atoms with Crippen molar-refractivity contribution in [2.75, 3.05) is 13.1 Å². The van der Waals surface area contributed by atoms with Gasteiger partial charge in [-0.3, -0.25) is 15.0 Å². The van der Waals surface area contributed by atoms with E-state index in [1.54, 1.807) is 6.07 Å². The molecule has 18 heavy (non-hydrogen) atoms. The van der Waals surface area contributed by atoms with Gasteiger partial charge in [0.15, 0.2) is 0 Å². The van der Waals surface area contributed by atoms with Gasteiger partial charge in [0, 0.05) is 12.6 Å². The zero-order valence-corrected chi connectivity index (χ0v) is 9.83. The van der Waals surface area contributed by atoms with Crippen molar-refractivity contribution >= 4 is 11.7 Å². The summed E-state index contributed by atoms with van der Waals surface area (Å²) in [7, 11) is 0. The highest BCUT2D eigenvalue weighted by molar-refractivity contribution is 5.94. The lowest BCUT2D eigenvalue weighted by molar-refractivity contribution is -0.385. The summed E-state index contributed by atoms with van der Waals surface area (Å²) in [4.78, 5) is 23.5. The van der Waals surface area contributed by atoms with Gasteiger partial charge in [-0.1, -0.05) is 12.1 Å². The Morgan fingerprint density at radius 1 is 1.39 bits per heavy atom. The van der Waals surface area contributed by atoms with E-state index in [9.17, 15) is 14.9 Å². The Morgan fingerprint density at radius 2 is 2.06 bits per heavy atom. The Balaban J connectivity index is 2.36. The first-order chi connectivity index (χ1) is 8.59. The van der Waals surface area contributed by atoms with Crippen LogP contribution >= 0.6 is 0 Å². The summed E-state index contributed by atoms with van der Waals surface area (Å²) in [5.74, 6) is -1.24. The van der Waals surface area contributed by atoms with Crippen LogP contribution in [0.5, 0.6) is 0 Å². The molecule has 1 heterocycles. The van der Waals surface area contributed by atoms with Crippen molar-refractivity contribution in [3.05, 3.63) is 39.4 Å². The number of carboxylic acid groups (broad SMARTS) is 1. The molecule has 6 nitrogen and oxygen atoms in total. The molecule has 0 saturated carbocycles. The van der Waals surface area contributed by atoms with E-state index >= 15 is 0 Å². The van der Waals surface area contributed by atoms with Crippen LogP contribution in [-0.2, 0) is 6.54 Å². The first kappa shape index (κ1) is 12.5. The van der Waals surface area contributed by atoms with E-state index in [1.807, 2.05) is 0 Å². The molecule has 1 saturated heterocycles. The minimum absolute atomic E-state index is 0.186. The summed E-state index contributed by atoms with van der Waals surface area (Å²) < 4.78 is 0. The Morgan fingerprint density at radius 3 is 2.61 bits per heavy atom. The van der Waals surface area contributed by atoms with Crippen LogP contribution in [0.15, 0.2) is 18.2 Å². The van der Waals surface area contributed by atoms with Gasteiger partial charge in [-0.05, 0) is 31.5 Å². The average molecular weight is 250 g/mol. The van der Waals surface area contributed by atoms with Gasteiger partial charge in [0.05, 0.1) is 4.92 Å². The van der Waals surface area contributed by atoms with Gasteiger partial charge >= 0.3 is 5.97 Å². The third-order valence-electron chi connectivity index (χ3n) is 3.13. The molecule has 0 amide bonds. The Hall–Kier alpha value is -1.95. The molecule has 0 spiro atoms. The predicted molar refractivity (Wildman–Crippen MR) is 64.6 cm³/mol. The molecule has 1 aromatic rings. The van der Waals surface area contributed by atoms with Crippen molar-refractivity contribution < 1.29 is 14.8 Å². The van der Waals surface area contributed by atoms with Crippen LogP contribution in [0.3, 0.4) is 0 Å². The fraction of sp³-hybridized carbons (Fsp3) is 0.417. The summed E-state index contributed by atoms with van der Waals surface area (Å²) in [6.45, 7) is 2.30. The Kier molecular flexibility index (Phi) is 3.57. The largest absolute Gasteiger partial charge is 0.477 e. The van der Waals surface area contributed by atoms with Crippen molar-refractivity contribution in [3.8, 4) is 0 Å². The number of likely N-dealkylation sites (tertiary alicyclic amines) is 1. The first-order valence-electron chi connectivity index (χ1n) is 5.81. The molecule has 0 aromatic heterocycles. The van der Waals surface area contributed by atoms with E-state index in [1.165, 1.54) is 12.1 Å². The van der Waals surface area contributed by atoms with Crippen LogP contribution in [0, 0.1) is 10.1 Å². The van der Waals surface area contributed by atoms with Crippen LogP contribution in [0.2, 0.25) is 0 Å². The van der Waals surface area contributed by atoms with Gasteiger partial charge in [0.1, 0.15) is 5.56 Å². The number of rotatable bonds is 4. The van der Waals surface area contributed by atoms with Crippen molar-refractivity contribution in [3.63, 3.8) is 0 Å². The zero-order valence-electron chi connectivity index (χ0n) is 9.83. The lowest BCUT2D eigenvalue weighted by Gasteiger charge is -2.15. The maximum absolute atomic E-state index is 11.2. The molecule has 0 aliphatic carbocycles. The van der Waals surface area contributed by atoms with E-state index in [0.29, 0.717) is 12.1 Å². The summed E-state index contributed by atoms with van der Waals surface area (Å²) in [6.07, 6.45) is 2.19. The monoisotopic (exact) mass is 250 g/mol. The lowest BCUT2D eigenvalue weighted by atomic mass is 10.0. The highest BCUT2D eigenvalue weighted by atomic mass is 16.6. The SMILES string of the molecule is O=C(O)c1c(CN2CCCC2)cccc1[N+](=O)[O-]. The number of nitro groups is 1. The van der Waals surface area contributed by atoms with Crippen molar-refractivity contribution in [1.82, 2.24) is 4.90 Å². The standard InChI is InChI=1S/C12H14N2O4/c15-12(16)11-9(8-13-6-1-2-7-13)4-3-5-10(11)14(17)18/h3-5H,1-2,6-8H2,(H,15,16). The second kappa shape index (κ2) is 5.14. The van der Waals surface area contributed by atoms with Crippen molar-refractivity contribution in [2.45, 2.75) is 19.4 Å². The minimum Gasteiger partial charge on any atom is -0.477 e. The molecular weight excluding hydrogens is 236 g/mol. The molecule has 1 N–H and O–H groups in total. The Labute approximate surface area is 104 Å². The van der Waals surface area contributed by atoms with Gasteiger partial charge in [0.2, 0.25) is 0 Å². The van der Waals surface area contributed by atoms with E-state index in [2.05, 4.69) is 4.90 Å². The summed E-state index contributed by atoms with van der Waals surface area (Å²) in [5.41, 5.74) is -0.00723. The minimum atomic E-state index is -1.24. The number of hydrogen-bond acceptors (Lipinski definition) is 4. The van der Waals surface area contributed by atoms with Gasteiger partial charge < -0.3 is 5.11 Å². The highest BCUT2D eigenvalue weighted by Gasteiger charge is 2.24. The Bertz CT molecular complexity index is 481. The van der Waals surface area contributed by atoms with Crippen LogP contribution in [0.4, 0.5) is 5.69 Å². The maximum atomic E-state index is 11.2. The number of hydrogen-bond donors (Lipinski definition) is 1. The molecule has 1 aromatic carbocycles. The van der Waals surface area contributed by atoms with Crippen LogP contribution in [-0.4, -0.2) is 34.0 Å². The molecule has 0 radical (unpaired) electrons. The fourth-order valence-corrected chi connectivity index (χ4v) is 2.30. The number of benzene rings is 1. The second-order valence-corrected chi connectivity index (χ2v) is 4.36. The van der Waals surface area contributed by atoms with Gasteiger partial charge in [0.25, 0.3) is 5.69 Å². The summed E-state index contributed by atoms with van der Waals surface area (Å²) in [6, 6.07) is 4.42. The third kappa shape index (κ3) is 2.48. The van der Waals surface area contributed by atoms with Gasteiger partial charge in [-0.25, -0.2) is 4.79 Å². The normalized spacial score (nSPS) is 15.8. The van der Waals surface area contributed by atoms with E-state index in [0.717, 1.165) is 25.9 Å². The summed E-state index contributed by atoms with van der Waals surface area (Å²) >= 11 is 0. The van der Waals surface area contributed by atoms with Crippen molar-refractivity contribution in [2.24, 2.45) is 0 Å². The first-order valence-corrected chi connectivity index (χ1v) is 5.81. The number of nitro benzene ring substituents is 1. The van der Waals surface area contributed by atoms with Gasteiger partial charge in [-0.2, -0.15) is 0 Å². The molecule has 6 heteroatoms. The van der Waals surface area contributed by atoms with E-state index in [-0.39, 0.29) is 11.3 Å². The molecular formula is C12H14N2O4. The fourth-order valence-electron chi connectivity index (χ4n) is 2.30. The number of aromatic carboxylic acids is 1. The number of carbonyl (C=O) groups is 1.